The molecule has 0 aromatic heterocycles. The standard InChI is InChI=1S/C13H18FNO2.C2H6/c1-10(16)3-4-11-7-12(14)9-13(8-11)17-6-5-15-2;1-2/h7-9,15H,3-6H2,1-2H3;1-2H3. The molecule has 0 aliphatic rings. The summed E-state index contributed by atoms with van der Waals surface area (Å²) in [5.74, 6) is 0.288. The Hall–Kier alpha value is -1.42. The van der Waals surface area contributed by atoms with Crippen LogP contribution in [0.1, 0.15) is 32.8 Å². The van der Waals surface area contributed by atoms with Crippen molar-refractivity contribution >= 4 is 5.78 Å². The molecule has 0 fully saturated rings. The third kappa shape index (κ3) is 8.32. The number of ether oxygens (including phenoxy) is 1. The molecule has 0 amide bonds. The smallest absolute Gasteiger partial charge is 0.130 e. The summed E-state index contributed by atoms with van der Waals surface area (Å²) >= 11 is 0. The van der Waals surface area contributed by atoms with Crippen LogP contribution in [0.5, 0.6) is 5.75 Å². The first kappa shape index (κ1) is 17.6. The van der Waals surface area contributed by atoms with Crippen molar-refractivity contribution in [1.82, 2.24) is 5.32 Å². The van der Waals surface area contributed by atoms with E-state index >= 15 is 0 Å². The lowest BCUT2D eigenvalue weighted by Gasteiger charge is -2.08. The number of halogens is 1. The number of carbonyl (C=O) groups excluding carboxylic acids is 1. The third-order valence-electron chi connectivity index (χ3n) is 2.32. The maximum absolute atomic E-state index is 13.3. The molecule has 1 aromatic carbocycles. The molecule has 0 heterocycles. The maximum Gasteiger partial charge on any atom is 0.130 e. The largest absolute Gasteiger partial charge is 0.492 e. The molecule has 0 aliphatic carbocycles. The van der Waals surface area contributed by atoms with Gasteiger partial charge in [-0.2, -0.15) is 0 Å². The van der Waals surface area contributed by atoms with E-state index in [1.54, 1.807) is 6.07 Å². The Balaban J connectivity index is 0.00000154. The van der Waals surface area contributed by atoms with E-state index < -0.39 is 0 Å². The number of Topliss-reactive ketones (excluding diaryl/α,β-unsaturated/α-hetero) is 1. The molecule has 0 radical (unpaired) electrons. The van der Waals surface area contributed by atoms with Crippen LogP contribution in [0.15, 0.2) is 18.2 Å². The molecule has 1 aromatic rings. The molecule has 0 aliphatic heterocycles. The average Bonchev–Trinajstić information content (AvgIpc) is 2.38. The van der Waals surface area contributed by atoms with Gasteiger partial charge < -0.3 is 14.8 Å². The van der Waals surface area contributed by atoms with E-state index in [1.807, 2.05) is 20.9 Å². The number of carbonyl (C=O) groups is 1. The summed E-state index contributed by atoms with van der Waals surface area (Å²) in [6, 6.07) is 4.57. The van der Waals surface area contributed by atoms with Crippen molar-refractivity contribution in [3.8, 4) is 5.75 Å². The van der Waals surface area contributed by atoms with Gasteiger partial charge in [0.25, 0.3) is 0 Å². The molecule has 0 spiro atoms. The highest BCUT2D eigenvalue weighted by molar-refractivity contribution is 5.75. The molecule has 19 heavy (non-hydrogen) atoms. The van der Waals surface area contributed by atoms with Crippen LogP contribution < -0.4 is 10.1 Å². The fraction of sp³-hybridized carbons (Fsp3) is 0.533. The SMILES string of the molecule is CC.CNCCOc1cc(F)cc(CCC(C)=O)c1. The summed E-state index contributed by atoms with van der Waals surface area (Å²) in [7, 11) is 1.83. The zero-order valence-electron chi connectivity index (χ0n) is 12.3. The van der Waals surface area contributed by atoms with Gasteiger partial charge in [-0.15, -0.1) is 0 Å². The highest BCUT2D eigenvalue weighted by atomic mass is 19.1. The molecule has 0 bridgehead atoms. The van der Waals surface area contributed by atoms with E-state index in [-0.39, 0.29) is 11.6 Å². The first-order valence-electron chi connectivity index (χ1n) is 6.68. The van der Waals surface area contributed by atoms with Gasteiger partial charge in [0.2, 0.25) is 0 Å². The Labute approximate surface area is 115 Å². The van der Waals surface area contributed by atoms with E-state index in [9.17, 15) is 9.18 Å². The minimum Gasteiger partial charge on any atom is -0.492 e. The zero-order chi connectivity index (χ0) is 14.7. The second-order valence-corrected chi connectivity index (χ2v) is 3.95. The lowest BCUT2D eigenvalue weighted by atomic mass is 10.1. The topological polar surface area (TPSA) is 38.3 Å². The molecule has 1 N–H and O–H groups in total. The summed E-state index contributed by atoms with van der Waals surface area (Å²) < 4.78 is 18.7. The third-order valence-corrected chi connectivity index (χ3v) is 2.32. The molecule has 0 saturated carbocycles. The van der Waals surface area contributed by atoms with Crippen LogP contribution in [0.4, 0.5) is 4.39 Å². The van der Waals surface area contributed by atoms with E-state index in [4.69, 9.17) is 4.74 Å². The Morgan fingerprint density at radius 2 is 2.00 bits per heavy atom. The summed E-state index contributed by atoms with van der Waals surface area (Å²) in [5, 5.41) is 2.94. The summed E-state index contributed by atoms with van der Waals surface area (Å²) in [4.78, 5) is 10.9. The molecule has 108 valence electrons. The molecule has 3 nitrogen and oxygen atoms in total. The minimum absolute atomic E-state index is 0.104. The molecule has 0 unspecified atom stereocenters. The van der Waals surface area contributed by atoms with Crippen molar-refractivity contribution in [3.63, 3.8) is 0 Å². The fourth-order valence-electron chi connectivity index (χ4n) is 1.44. The summed E-state index contributed by atoms with van der Waals surface area (Å²) in [6.45, 7) is 6.73. The molecule has 0 saturated heterocycles. The van der Waals surface area contributed by atoms with E-state index in [2.05, 4.69) is 5.32 Å². The number of benzene rings is 1. The first-order valence-corrected chi connectivity index (χ1v) is 6.68. The Kier molecular flexibility index (Phi) is 9.71. The van der Waals surface area contributed by atoms with Crippen LogP contribution in [0.25, 0.3) is 0 Å². The number of hydrogen-bond acceptors (Lipinski definition) is 3. The molecular formula is C15H24FNO2. The average molecular weight is 269 g/mol. The summed E-state index contributed by atoms with van der Waals surface area (Å²) in [5.41, 5.74) is 0.791. The summed E-state index contributed by atoms with van der Waals surface area (Å²) in [6.07, 6.45) is 0.981. The van der Waals surface area contributed by atoms with E-state index in [0.29, 0.717) is 31.7 Å². The van der Waals surface area contributed by atoms with Gasteiger partial charge in [-0.05, 0) is 38.1 Å². The highest BCUT2D eigenvalue weighted by Gasteiger charge is 2.03. The number of aryl methyl sites for hydroxylation is 1. The number of rotatable bonds is 7. The van der Waals surface area contributed by atoms with Crippen molar-refractivity contribution in [1.29, 1.82) is 0 Å². The van der Waals surface area contributed by atoms with Gasteiger partial charge in [0, 0.05) is 19.0 Å². The molecule has 0 atom stereocenters. The van der Waals surface area contributed by atoms with Gasteiger partial charge in [0.15, 0.2) is 0 Å². The van der Waals surface area contributed by atoms with Crippen molar-refractivity contribution in [2.45, 2.75) is 33.6 Å². The monoisotopic (exact) mass is 269 g/mol. The lowest BCUT2D eigenvalue weighted by Crippen LogP contribution is -2.16. The fourth-order valence-corrected chi connectivity index (χ4v) is 1.44. The van der Waals surface area contributed by atoms with Crippen molar-refractivity contribution in [3.05, 3.63) is 29.6 Å². The molecule has 1 rings (SSSR count). The predicted octanol–water partition coefficient (Wildman–Crippen LogP) is 2.97. The number of ketones is 1. The second kappa shape index (κ2) is 10.5. The van der Waals surface area contributed by atoms with E-state index in [0.717, 1.165) is 5.56 Å². The van der Waals surface area contributed by atoms with Crippen molar-refractivity contribution < 1.29 is 13.9 Å². The predicted molar refractivity (Wildman–Crippen MR) is 76.2 cm³/mol. The van der Waals surface area contributed by atoms with Crippen LogP contribution in [0, 0.1) is 5.82 Å². The van der Waals surface area contributed by atoms with Crippen LogP contribution in [-0.4, -0.2) is 26.0 Å². The van der Waals surface area contributed by atoms with Gasteiger partial charge in [-0.25, -0.2) is 4.39 Å². The number of nitrogens with one attached hydrogen (secondary N) is 1. The van der Waals surface area contributed by atoms with Crippen molar-refractivity contribution in [2.24, 2.45) is 0 Å². The second-order valence-electron chi connectivity index (χ2n) is 3.95. The van der Waals surface area contributed by atoms with Crippen LogP contribution in [0.3, 0.4) is 0 Å². The Morgan fingerprint density at radius 3 is 2.58 bits per heavy atom. The molecule has 4 heteroatoms. The maximum atomic E-state index is 13.3. The van der Waals surface area contributed by atoms with Crippen LogP contribution >= 0.6 is 0 Å². The Bertz CT molecular complexity index is 380. The van der Waals surface area contributed by atoms with Crippen molar-refractivity contribution in [2.75, 3.05) is 20.2 Å². The van der Waals surface area contributed by atoms with Gasteiger partial charge in [-0.1, -0.05) is 13.8 Å². The number of hydrogen-bond donors (Lipinski definition) is 1. The highest BCUT2D eigenvalue weighted by Crippen LogP contribution is 2.17. The zero-order valence-corrected chi connectivity index (χ0v) is 12.3. The van der Waals surface area contributed by atoms with Crippen LogP contribution in [-0.2, 0) is 11.2 Å². The van der Waals surface area contributed by atoms with Crippen LogP contribution in [0.2, 0.25) is 0 Å². The lowest BCUT2D eigenvalue weighted by molar-refractivity contribution is -0.116. The minimum atomic E-state index is -0.328. The number of likely N-dealkylation sites (N-methyl/N-ethyl adjacent to an activating group) is 1. The first-order chi connectivity index (χ1) is 9.11. The van der Waals surface area contributed by atoms with E-state index in [1.165, 1.54) is 19.1 Å². The van der Waals surface area contributed by atoms with Gasteiger partial charge in [0.1, 0.15) is 24.0 Å². The Morgan fingerprint density at radius 1 is 1.32 bits per heavy atom. The molecular weight excluding hydrogens is 245 g/mol. The normalized spacial score (nSPS) is 9.53. The quantitative estimate of drug-likeness (QED) is 0.773. The van der Waals surface area contributed by atoms with Gasteiger partial charge in [-0.3, -0.25) is 0 Å². The van der Waals surface area contributed by atoms with Gasteiger partial charge >= 0.3 is 0 Å². The van der Waals surface area contributed by atoms with Gasteiger partial charge in [0.05, 0.1) is 0 Å².